The fourth-order valence-corrected chi connectivity index (χ4v) is 3.61. The lowest BCUT2D eigenvalue weighted by Crippen LogP contribution is -2.52. The molecule has 0 spiro atoms. The largest absolute Gasteiger partial charge is 0.354 e. The number of nitrogens with one attached hydrogen (secondary N) is 1. The number of aromatic nitrogens is 4. The molecule has 1 amide bonds. The molecule has 0 bridgehead atoms. The van der Waals surface area contributed by atoms with Crippen LogP contribution in [0.15, 0.2) is 24.3 Å². The average Bonchev–Trinajstić information content (AvgIpc) is 3.12. The summed E-state index contributed by atoms with van der Waals surface area (Å²) in [5.74, 6) is 2.17. The maximum Gasteiger partial charge on any atom is 0.261 e. The normalized spacial score (nSPS) is 14.8. The summed E-state index contributed by atoms with van der Waals surface area (Å²) in [7, 11) is 0. The smallest absolute Gasteiger partial charge is 0.261 e. The molecule has 0 unspecified atom stereocenters. The molecule has 0 saturated carbocycles. The van der Waals surface area contributed by atoms with Crippen LogP contribution in [-0.2, 0) is 0 Å². The molecule has 1 aliphatic heterocycles. The van der Waals surface area contributed by atoms with E-state index in [4.69, 9.17) is 0 Å². The van der Waals surface area contributed by atoms with Gasteiger partial charge < -0.3 is 10.2 Å². The minimum Gasteiger partial charge on any atom is -0.354 e. The topological polar surface area (TPSA) is 75.4 Å². The SMILES string of the molecule is Cc1ccc(C(=O)NCC2CN(c3ccc4nnc(C)n4n3)C2)s1. The van der Waals surface area contributed by atoms with Crippen LogP contribution >= 0.6 is 11.3 Å². The van der Waals surface area contributed by atoms with Gasteiger partial charge in [-0.1, -0.05) is 0 Å². The zero-order valence-corrected chi connectivity index (χ0v) is 14.4. The summed E-state index contributed by atoms with van der Waals surface area (Å²) in [6.07, 6.45) is 0. The maximum atomic E-state index is 12.1. The van der Waals surface area contributed by atoms with Gasteiger partial charge in [0.2, 0.25) is 0 Å². The molecule has 4 heterocycles. The number of fused-ring (bicyclic) bond motifs is 1. The van der Waals surface area contributed by atoms with Gasteiger partial charge in [-0.25, -0.2) is 0 Å². The summed E-state index contributed by atoms with van der Waals surface area (Å²) in [5.41, 5.74) is 0.756. The standard InChI is InChI=1S/C16H18N6OS/c1-10-3-4-13(24-10)16(23)17-7-12-8-21(9-12)15-6-5-14-19-18-11(2)22(14)20-15/h3-6,12H,7-9H2,1-2H3,(H,17,23). The summed E-state index contributed by atoms with van der Waals surface area (Å²) in [4.78, 5) is 16.2. The Kier molecular flexibility index (Phi) is 3.68. The van der Waals surface area contributed by atoms with Crippen molar-refractivity contribution in [2.75, 3.05) is 24.5 Å². The molecule has 124 valence electrons. The number of anilines is 1. The number of hydrogen-bond acceptors (Lipinski definition) is 6. The molecule has 0 aromatic carbocycles. The highest BCUT2D eigenvalue weighted by molar-refractivity contribution is 7.13. The van der Waals surface area contributed by atoms with Gasteiger partial charge in [0, 0.05) is 30.4 Å². The number of carbonyl (C=O) groups is 1. The lowest BCUT2D eigenvalue weighted by molar-refractivity contribution is 0.0948. The number of hydrogen-bond donors (Lipinski definition) is 1. The van der Waals surface area contributed by atoms with E-state index in [1.54, 1.807) is 4.52 Å². The van der Waals surface area contributed by atoms with E-state index in [0.717, 1.165) is 40.1 Å². The molecule has 7 nitrogen and oxygen atoms in total. The van der Waals surface area contributed by atoms with Crippen LogP contribution in [0.2, 0.25) is 0 Å². The predicted molar refractivity (Wildman–Crippen MR) is 92.6 cm³/mol. The molecule has 1 N–H and O–H groups in total. The third-order valence-electron chi connectivity index (χ3n) is 4.20. The molecular weight excluding hydrogens is 324 g/mol. The van der Waals surface area contributed by atoms with Crippen LogP contribution in [-0.4, -0.2) is 45.4 Å². The molecule has 8 heteroatoms. The summed E-state index contributed by atoms with van der Waals surface area (Å²) < 4.78 is 1.75. The van der Waals surface area contributed by atoms with Crippen LogP contribution in [0.25, 0.3) is 5.65 Å². The predicted octanol–water partition coefficient (Wildman–Crippen LogP) is 1.67. The van der Waals surface area contributed by atoms with Gasteiger partial charge in [0.1, 0.15) is 5.82 Å². The van der Waals surface area contributed by atoms with E-state index in [9.17, 15) is 4.79 Å². The summed E-state index contributed by atoms with van der Waals surface area (Å²) in [6, 6.07) is 7.74. The Morgan fingerprint density at radius 1 is 1.25 bits per heavy atom. The fraction of sp³-hybridized carbons (Fsp3) is 0.375. The lowest BCUT2D eigenvalue weighted by Gasteiger charge is -2.40. The second kappa shape index (κ2) is 5.86. The minimum absolute atomic E-state index is 0.0196. The van der Waals surface area contributed by atoms with Crippen LogP contribution in [0, 0.1) is 19.8 Å². The van der Waals surface area contributed by atoms with Crippen LogP contribution in [0.4, 0.5) is 5.82 Å². The van der Waals surface area contributed by atoms with Crippen LogP contribution in [0.1, 0.15) is 20.4 Å². The van der Waals surface area contributed by atoms with E-state index >= 15 is 0 Å². The van der Waals surface area contributed by atoms with E-state index in [1.165, 1.54) is 11.3 Å². The molecule has 3 aromatic heterocycles. The first-order chi connectivity index (χ1) is 11.6. The quantitative estimate of drug-likeness (QED) is 0.780. The number of rotatable bonds is 4. The van der Waals surface area contributed by atoms with Gasteiger partial charge in [-0.05, 0) is 38.1 Å². The molecule has 24 heavy (non-hydrogen) atoms. The van der Waals surface area contributed by atoms with Crippen molar-refractivity contribution in [1.82, 2.24) is 25.1 Å². The van der Waals surface area contributed by atoms with Crippen molar-refractivity contribution in [1.29, 1.82) is 0 Å². The molecule has 4 rings (SSSR count). The van der Waals surface area contributed by atoms with Gasteiger partial charge in [0.05, 0.1) is 4.88 Å². The molecule has 0 aliphatic carbocycles. The Morgan fingerprint density at radius 2 is 2.08 bits per heavy atom. The monoisotopic (exact) mass is 342 g/mol. The lowest BCUT2D eigenvalue weighted by atomic mass is 10.0. The van der Waals surface area contributed by atoms with E-state index in [1.807, 2.05) is 38.1 Å². The summed E-state index contributed by atoms with van der Waals surface area (Å²) >= 11 is 1.53. The van der Waals surface area contributed by atoms with E-state index in [2.05, 4.69) is 25.5 Å². The van der Waals surface area contributed by atoms with E-state index in [0.29, 0.717) is 12.5 Å². The summed E-state index contributed by atoms with van der Waals surface area (Å²) in [5, 5.41) is 15.7. The van der Waals surface area contributed by atoms with Crippen molar-refractivity contribution in [3.05, 3.63) is 39.8 Å². The molecule has 0 atom stereocenters. The number of nitrogens with zero attached hydrogens (tertiary/aromatic N) is 5. The Balaban J connectivity index is 1.32. The first-order valence-corrected chi connectivity index (χ1v) is 8.70. The second-order valence-electron chi connectivity index (χ2n) is 6.10. The third-order valence-corrected chi connectivity index (χ3v) is 5.20. The van der Waals surface area contributed by atoms with Gasteiger partial charge in [-0.3, -0.25) is 4.79 Å². The third kappa shape index (κ3) is 2.73. The van der Waals surface area contributed by atoms with Gasteiger partial charge >= 0.3 is 0 Å². The Labute approximate surface area is 143 Å². The Morgan fingerprint density at radius 3 is 2.83 bits per heavy atom. The van der Waals surface area contributed by atoms with Gasteiger partial charge in [0.25, 0.3) is 5.91 Å². The van der Waals surface area contributed by atoms with Crippen molar-refractivity contribution in [3.63, 3.8) is 0 Å². The zero-order valence-electron chi connectivity index (χ0n) is 13.6. The van der Waals surface area contributed by atoms with E-state index < -0.39 is 0 Å². The van der Waals surface area contributed by atoms with Crippen LogP contribution in [0.3, 0.4) is 0 Å². The van der Waals surface area contributed by atoms with Crippen molar-refractivity contribution in [2.24, 2.45) is 5.92 Å². The molecule has 1 fully saturated rings. The number of thiophene rings is 1. The molecule has 1 saturated heterocycles. The highest BCUT2D eigenvalue weighted by Gasteiger charge is 2.28. The zero-order chi connectivity index (χ0) is 16.7. The molecule has 1 aliphatic rings. The number of amides is 1. The first-order valence-electron chi connectivity index (χ1n) is 7.89. The Bertz CT molecular complexity index is 895. The Hall–Kier alpha value is -2.48. The number of carbonyl (C=O) groups excluding carboxylic acids is 1. The second-order valence-corrected chi connectivity index (χ2v) is 7.39. The summed E-state index contributed by atoms with van der Waals surface area (Å²) in [6.45, 7) is 6.37. The minimum atomic E-state index is 0.0196. The fourth-order valence-electron chi connectivity index (χ4n) is 2.82. The molecule has 0 radical (unpaired) electrons. The highest BCUT2D eigenvalue weighted by atomic mass is 32.1. The number of aryl methyl sites for hydroxylation is 2. The van der Waals surface area contributed by atoms with Crippen molar-refractivity contribution < 1.29 is 4.79 Å². The van der Waals surface area contributed by atoms with Gasteiger partial charge in [0.15, 0.2) is 11.5 Å². The average molecular weight is 342 g/mol. The highest BCUT2D eigenvalue weighted by Crippen LogP contribution is 2.23. The van der Waals surface area contributed by atoms with Crippen molar-refractivity contribution >= 4 is 28.7 Å². The molecular formula is C16H18N6OS. The first kappa shape index (κ1) is 15.1. The van der Waals surface area contributed by atoms with Crippen LogP contribution < -0.4 is 10.2 Å². The van der Waals surface area contributed by atoms with Crippen molar-refractivity contribution in [3.8, 4) is 0 Å². The van der Waals surface area contributed by atoms with Gasteiger partial charge in [-0.2, -0.15) is 4.52 Å². The van der Waals surface area contributed by atoms with Crippen LogP contribution in [0.5, 0.6) is 0 Å². The van der Waals surface area contributed by atoms with E-state index in [-0.39, 0.29) is 5.91 Å². The van der Waals surface area contributed by atoms with Gasteiger partial charge in [-0.15, -0.1) is 26.6 Å². The molecule has 3 aromatic rings. The maximum absolute atomic E-state index is 12.1. The van der Waals surface area contributed by atoms with Crippen molar-refractivity contribution in [2.45, 2.75) is 13.8 Å².